The average Bonchev–Trinajstić information content (AvgIpc) is 2.49. The lowest BCUT2D eigenvalue weighted by Crippen LogP contribution is -2.32. The molecule has 8 heteroatoms. The molecular weight excluding hydrogens is 226 g/mol. The van der Waals surface area contributed by atoms with Gasteiger partial charge in [-0.1, -0.05) is 0 Å². The Labute approximate surface area is 85.2 Å². The van der Waals surface area contributed by atoms with Gasteiger partial charge in [0.1, 0.15) is 0 Å². The molecule has 0 spiro atoms. The largest absolute Gasteiger partial charge is 0.369 e. The number of nitrogens with two attached hydrogens (primary N) is 1. The third kappa shape index (κ3) is 2.76. The van der Waals surface area contributed by atoms with Gasteiger partial charge in [-0.15, -0.1) is 11.3 Å². The van der Waals surface area contributed by atoms with E-state index in [1.54, 1.807) is 6.92 Å². The van der Waals surface area contributed by atoms with E-state index < -0.39 is 22.5 Å². The highest BCUT2D eigenvalue weighted by Crippen LogP contribution is 2.16. The average molecular weight is 235 g/mol. The van der Waals surface area contributed by atoms with Gasteiger partial charge >= 0.3 is 0 Å². The van der Waals surface area contributed by atoms with E-state index in [-0.39, 0.29) is 4.21 Å². The number of carbonyl (C=O) groups excluding carboxylic acids is 1. The number of hydrogen-bond acceptors (Lipinski definition) is 5. The van der Waals surface area contributed by atoms with Crippen LogP contribution in [0.1, 0.15) is 5.01 Å². The van der Waals surface area contributed by atoms with Crippen LogP contribution in [0.5, 0.6) is 0 Å². The zero-order valence-corrected chi connectivity index (χ0v) is 8.98. The van der Waals surface area contributed by atoms with Crippen LogP contribution < -0.4 is 10.5 Å². The monoisotopic (exact) mass is 235 g/mol. The molecule has 0 unspecified atom stereocenters. The van der Waals surface area contributed by atoms with E-state index in [0.29, 0.717) is 5.01 Å². The summed E-state index contributed by atoms with van der Waals surface area (Å²) in [6.45, 7) is 1.29. The Hall–Kier alpha value is -0.990. The van der Waals surface area contributed by atoms with Crippen LogP contribution in [-0.2, 0) is 14.8 Å². The third-order valence-electron chi connectivity index (χ3n) is 1.30. The number of amides is 1. The molecular formula is C6H9N3O3S2. The van der Waals surface area contributed by atoms with Crippen LogP contribution in [-0.4, -0.2) is 25.9 Å². The molecule has 0 fully saturated rings. The van der Waals surface area contributed by atoms with Crippen molar-refractivity contribution >= 4 is 27.3 Å². The van der Waals surface area contributed by atoms with Gasteiger partial charge in [-0.2, -0.15) is 0 Å². The topological polar surface area (TPSA) is 102 Å². The molecule has 0 aromatic carbocycles. The molecule has 0 aliphatic heterocycles. The maximum Gasteiger partial charge on any atom is 0.252 e. The SMILES string of the molecule is Cc1ncc(S(=O)(=O)NCC(N)=O)s1. The first-order valence-corrected chi connectivity index (χ1v) is 5.92. The van der Waals surface area contributed by atoms with E-state index in [1.807, 2.05) is 0 Å². The predicted molar refractivity (Wildman–Crippen MR) is 51.2 cm³/mol. The van der Waals surface area contributed by atoms with Crippen molar-refractivity contribution in [2.45, 2.75) is 11.1 Å². The first kappa shape index (κ1) is 11.1. The maximum absolute atomic E-state index is 11.4. The molecule has 0 saturated heterocycles. The highest BCUT2D eigenvalue weighted by Gasteiger charge is 2.16. The summed E-state index contributed by atoms with van der Waals surface area (Å²) in [4.78, 5) is 14.2. The highest BCUT2D eigenvalue weighted by molar-refractivity contribution is 7.91. The number of nitrogens with one attached hydrogen (secondary N) is 1. The van der Waals surface area contributed by atoms with Crippen LogP contribution in [0.4, 0.5) is 0 Å². The molecule has 1 aromatic rings. The normalized spacial score (nSPS) is 11.5. The van der Waals surface area contributed by atoms with Crippen molar-refractivity contribution in [1.29, 1.82) is 0 Å². The summed E-state index contributed by atoms with van der Waals surface area (Å²) < 4.78 is 24.9. The number of nitrogens with zero attached hydrogens (tertiary/aromatic N) is 1. The first-order valence-electron chi connectivity index (χ1n) is 3.62. The van der Waals surface area contributed by atoms with Gasteiger partial charge in [-0.3, -0.25) is 4.79 Å². The number of aromatic nitrogens is 1. The standard InChI is InChI=1S/C6H9N3O3S2/c1-4-8-3-6(13-4)14(11,12)9-2-5(7)10/h3,9H,2H2,1H3,(H2,7,10). The zero-order valence-electron chi connectivity index (χ0n) is 7.35. The second kappa shape index (κ2) is 4.03. The molecule has 1 rings (SSSR count). The molecule has 1 heterocycles. The third-order valence-corrected chi connectivity index (χ3v) is 4.08. The molecule has 1 amide bonds. The molecule has 78 valence electrons. The Kier molecular flexibility index (Phi) is 3.19. The van der Waals surface area contributed by atoms with Crippen molar-refractivity contribution in [1.82, 2.24) is 9.71 Å². The van der Waals surface area contributed by atoms with E-state index in [4.69, 9.17) is 5.73 Å². The molecule has 3 N–H and O–H groups in total. The van der Waals surface area contributed by atoms with Gasteiger partial charge in [0.2, 0.25) is 5.91 Å². The van der Waals surface area contributed by atoms with Gasteiger partial charge in [0.15, 0.2) is 4.21 Å². The van der Waals surface area contributed by atoms with Gasteiger partial charge in [-0.25, -0.2) is 18.1 Å². The quantitative estimate of drug-likeness (QED) is 0.714. The molecule has 14 heavy (non-hydrogen) atoms. The molecule has 0 atom stereocenters. The van der Waals surface area contributed by atoms with Gasteiger partial charge < -0.3 is 5.73 Å². The van der Waals surface area contributed by atoms with Crippen molar-refractivity contribution in [2.24, 2.45) is 5.73 Å². The second-order valence-corrected chi connectivity index (χ2v) is 5.72. The van der Waals surface area contributed by atoms with E-state index in [9.17, 15) is 13.2 Å². The minimum absolute atomic E-state index is 0.0799. The second-order valence-electron chi connectivity index (χ2n) is 2.49. The van der Waals surface area contributed by atoms with E-state index in [1.165, 1.54) is 6.20 Å². The van der Waals surface area contributed by atoms with Crippen LogP contribution in [0, 0.1) is 6.92 Å². The van der Waals surface area contributed by atoms with Crippen molar-refractivity contribution in [3.8, 4) is 0 Å². The van der Waals surface area contributed by atoms with Crippen LogP contribution >= 0.6 is 11.3 Å². The molecule has 6 nitrogen and oxygen atoms in total. The number of hydrogen-bond donors (Lipinski definition) is 2. The summed E-state index contributed by atoms with van der Waals surface area (Å²) >= 11 is 1.03. The van der Waals surface area contributed by atoms with E-state index in [0.717, 1.165) is 11.3 Å². The number of sulfonamides is 1. The van der Waals surface area contributed by atoms with Gasteiger partial charge in [0.05, 0.1) is 17.7 Å². The van der Waals surface area contributed by atoms with Crippen molar-refractivity contribution in [3.05, 3.63) is 11.2 Å². The van der Waals surface area contributed by atoms with Crippen LogP contribution in [0.15, 0.2) is 10.4 Å². The maximum atomic E-state index is 11.4. The van der Waals surface area contributed by atoms with E-state index >= 15 is 0 Å². The van der Waals surface area contributed by atoms with E-state index in [2.05, 4.69) is 9.71 Å². The minimum atomic E-state index is -3.63. The van der Waals surface area contributed by atoms with Crippen LogP contribution in [0.25, 0.3) is 0 Å². The number of primary amides is 1. The summed E-state index contributed by atoms with van der Waals surface area (Å²) in [6, 6.07) is 0. The lowest BCUT2D eigenvalue weighted by molar-refractivity contribution is -0.116. The fourth-order valence-electron chi connectivity index (χ4n) is 0.703. The number of carbonyl (C=O) groups is 1. The van der Waals surface area contributed by atoms with Crippen molar-refractivity contribution in [2.75, 3.05) is 6.54 Å². The Morgan fingerprint density at radius 2 is 2.36 bits per heavy atom. The summed E-state index contributed by atoms with van der Waals surface area (Å²) in [7, 11) is -3.63. The zero-order chi connectivity index (χ0) is 10.8. The Bertz CT molecular complexity index is 437. The highest BCUT2D eigenvalue weighted by atomic mass is 32.2. The summed E-state index contributed by atoms with van der Waals surface area (Å²) in [5, 5.41) is 0.643. The van der Waals surface area contributed by atoms with Crippen LogP contribution in [0.3, 0.4) is 0 Å². The minimum Gasteiger partial charge on any atom is -0.369 e. The first-order chi connectivity index (χ1) is 6.42. The van der Waals surface area contributed by atoms with Crippen molar-refractivity contribution < 1.29 is 13.2 Å². The smallest absolute Gasteiger partial charge is 0.252 e. The fourth-order valence-corrected chi connectivity index (χ4v) is 2.85. The molecule has 1 aromatic heterocycles. The Morgan fingerprint density at radius 3 is 2.79 bits per heavy atom. The summed E-state index contributed by atoms with van der Waals surface area (Å²) in [5.74, 6) is -0.727. The molecule has 0 bridgehead atoms. The molecule has 0 saturated carbocycles. The van der Waals surface area contributed by atoms with Gasteiger partial charge in [0, 0.05) is 0 Å². The number of thiazole rings is 1. The fraction of sp³-hybridized carbons (Fsp3) is 0.333. The number of rotatable bonds is 4. The van der Waals surface area contributed by atoms with Gasteiger partial charge in [0.25, 0.3) is 10.0 Å². The number of aryl methyl sites for hydroxylation is 1. The Morgan fingerprint density at radius 1 is 1.71 bits per heavy atom. The van der Waals surface area contributed by atoms with Gasteiger partial charge in [-0.05, 0) is 6.92 Å². The lowest BCUT2D eigenvalue weighted by atomic mass is 10.7. The van der Waals surface area contributed by atoms with Crippen LogP contribution in [0.2, 0.25) is 0 Å². The lowest BCUT2D eigenvalue weighted by Gasteiger charge is -2.00. The molecule has 0 aliphatic rings. The molecule has 0 aliphatic carbocycles. The van der Waals surface area contributed by atoms with Crippen molar-refractivity contribution in [3.63, 3.8) is 0 Å². The Balaban J connectivity index is 2.81. The molecule has 0 radical (unpaired) electrons. The predicted octanol–water partition coefficient (Wildman–Crippen LogP) is -0.785. The summed E-state index contributed by atoms with van der Waals surface area (Å²) in [5.41, 5.74) is 4.80. The summed E-state index contributed by atoms with van der Waals surface area (Å²) in [6.07, 6.45) is 1.24.